The number of hydrogen-bond acceptors (Lipinski definition) is 7. The van der Waals surface area contributed by atoms with Crippen LogP contribution in [0.25, 0.3) is 11.3 Å². The van der Waals surface area contributed by atoms with E-state index >= 15 is 4.39 Å². The number of likely N-dealkylation sites (N-methyl/N-ethyl adjacent to an activating group) is 1. The molecule has 1 aromatic carbocycles. The van der Waals surface area contributed by atoms with E-state index < -0.39 is 11.9 Å². The Morgan fingerprint density at radius 1 is 1.18 bits per heavy atom. The predicted molar refractivity (Wildman–Crippen MR) is 142 cm³/mol. The van der Waals surface area contributed by atoms with Crippen LogP contribution in [0.5, 0.6) is 11.5 Å². The number of rotatable bonds is 3. The Hall–Kier alpha value is -3.37. The van der Waals surface area contributed by atoms with Gasteiger partial charge in [0.1, 0.15) is 40.3 Å². The molecule has 2 aromatic rings. The molecule has 3 aliphatic rings. The maximum Gasteiger partial charge on any atom is 0.261 e. The SMILES string of the molecule is C=CC(=O)N1CCN2C(=O)c3c(N4CCN(C)[C@H](C)[C@@H]4C)nc(-c4c(O)cccc4F)c(Cl)c3OCC2C1. The Kier molecular flexibility index (Phi) is 6.96. The molecule has 2 fully saturated rings. The average molecular weight is 544 g/mol. The van der Waals surface area contributed by atoms with Gasteiger partial charge < -0.3 is 24.5 Å². The fraction of sp³-hybridized carbons (Fsp3) is 0.444. The Bertz CT molecular complexity index is 1290. The quantitative estimate of drug-likeness (QED) is 0.595. The van der Waals surface area contributed by atoms with Gasteiger partial charge in [-0.2, -0.15) is 0 Å². The summed E-state index contributed by atoms with van der Waals surface area (Å²) in [6.07, 6.45) is 1.26. The van der Waals surface area contributed by atoms with Gasteiger partial charge in [-0.1, -0.05) is 24.2 Å². The Labute approximate surface area is 226 Å². The van der Waals surface area contributed by atoms with Gasteiger partial charge in [0.05, 0.1) is 11.6 Å². The lowest BCUT2D eigenvalue weighted by molar-refractivity contribution is -0.128. The first kappa shape index (κ1) is 26.2. The van der Waals surface area contributed by atoms with Gasteiger partial charge in [0.25, 0.3) is 5.91 Å². The minimum atomic E-state index is -0.693. The highest BCUT2D eigenvalue weighted by atomic mass is 35.5. The van der Waals surface area contributed by atoms with Crippen LogP contribution in [-0.4, -0.2) is 101 Å². The van der Waals surface area contributed by atoms with Gasteiger partial charge in [-0.05, 0) is 39.1 Å². The van der Waals surface area contributed by atoms with Crippen LogP contribution in [0.1, 0.15) is 24.2 Å². The van der Waals surface area contributed by atoms with Crippen molar-refractivity contribution < 1.29 is 23.8 Å². The number of fused-ring (bicyclic) bond motifs is 2. The van der Waals surface area contributed by atoms with Crippen LogP contribution in [0, 0.1) is 5.82 Å². The van der Waals surface area contributed by atoms with Crippen LogP contribution >= 0.6 is 11.6 Å². The van der Waals surface area contributed by atoms with Crippen molar-refractivity contribution in [1.82, 2.24) is 19.7 Å². The molecular formula is C27H31ClFN5O4. The van der Waals surface area contributed by atoms with E-state index in [0.29, 0.717) is 25.5 Å². The van der Waals surface area contributed by atoms with E-state index in [1.54, 1.807) is 9.80 Å². The molecule has 1 aromatic heterocycles. The predicted octanol–water partition coefficient (Wildman–Crippen LogP) is 3.01. The topological polar surface area (TPSA) is 89.5 Å². The van der Waals surface area contributed by atoms with E-state index in [0.717, 1.165) is 6.54 Å². The first-order valence-corrected chi connectivity index (χ1v) is 13.0. The molecule has 3 atom stereocenters. The number of carbonyl (C=O) groups excluding carboxylic acids is 2. The molecule has 38 heavy (non-hydrogen) atoms. The molecule has 0 bridgehead atoms. The maximum atomic E-state index is 15.0. The molecule has 202 valence electrons. The van der Waals surface area contributed by atoms with Crippen molar-refractivity contribution in [2.24, 2.45) is 0 Å². The number of aromatic hydroxyl groups is 1. The fourth-order valence-electron chi connectivity index (χ4n) is 5.50. The average Bonchev–Trinajstić information content (AvgIpc) is 3.05. The largest absolute Gasteiger partial charge is 0.507 e. The van der Waals surface area contributed by atoms with E-state index in [1.807, 2.05) is 18.9 Å². The van der Waals surface area contributed by atoms with Gasteiger partial charge in [0.15, 0.2) is 5.75 Å². The number of hydrogen-bond donors (Lipinski definition) is 1. The minimum absolute atomic E-state index is 0.00549. The fourth-order valence-corrected chi connectivity index (χ4v) is 5.78. The molecule has 0 saturated carbocycles. The van der Waals surface area contributed by atoms with Crippen molar-refractivity contribution in [3.05, 3.63) is 47.3 Å². The molecule has 11 heteroatoms. The lowest BCUT2D eigenvalue weighted by Crippen LogP contribution is -2.58. The molecule has 1 unspecified atom stereocenters. The van der Waals surface area contributed by atoms with Crippen LogP contribution < -0.4 is 9.64 Å². The Morgan fingerprint density at radius 2 is 1.92 bits per heavy atom. The standard InChI is InChI=1S/C27H31ClFN5O4/c1-5-20(36)32-10-12-34-17(13-32)14-38-25-22(27(34)37)26(33-11-9-31(4)15(2)16(33)3)30-24(23(25)28)21-18(29)7-6-8-19(21)35/h5-8,15-17,35H,1,9-14H2,2-4H3/t15-,16+,17?/m1/s1. The number of ether oxygens (including phenoxy) is 1. The van der Waals surface area contributed by atoms with Crippen molar-refractivity contribution in [2.75, 3.05) is 51.3 Å². The molecular weight excluding hydrogens is 513 g/mol. The van der Waals surface area contributed by atoms with E-state index in [1.165, 1.54) is 24.3 Å². The van der Waals surface area contributed by atoms with Crippen molar-refractivity contribution in [3.8, 4) is 22.8 Å². The van der Waals surface area contributed by atoms with E-state index in [4.69, 9.17) is 21.3 Å². The van der Waals surface area contributed by atoms with Crippen LogP contribution in [-0.2, 0) is 4.79 Å². The number of aromatic nitrogens is 1. The lowest BCUT2D eigenvalue weighted by Gasteiger charge is -2.45. The third-order valence-corrected chi connectivity index (χ3v) is 8.37. The van der Waals surface area contributed by atoms with Crippen LogP contribution in [0.2, 0.25) is 5.02 Å². The third kappa shape index (κ3) is 4.25. The Balaban J connectivity index is 1.68. The lowest BCUT2D eigenvalue weighted by atomic mass is 10.0. The van der Waals surface area contributed by atoms with Crippen molar-refractivity contribution in [3.63, 3.8) is 0 Å². The van der Waals surface area contributed by atoms with Crippen LogP contribution in [0.4, 0.5) is 10.2 Å². The molecule has 2 amide bonds. The normalized spacial score (nSPS) is 23.9. The van der Waals surface area contributed by atoms with Gasteiger partial charge >= 0.3 is 0 Å². The highest BCUT2D eigenvalue weighted by Gasteiger charge is 2.42. The summed E-state index contributed by atoms with van der Waals surface area (Å²) in [5.74, 6) is -1.08. The summed E-state index contributed by atoms with van der Waals surface area (Å²) in [6, 6.07) is 3.67. The monoisotopic (exact) mass is 543 g/mol. The highest BCUT2D eigenvalue weighted by molar-refractivity contribution is 6.35. The second-order valence-corrected chi connectivity index (χ2v) is 10.4. The van der Waals surface area contributed by atoms with E-state index in [9.17, 15) is 14.7 Å². The van der Waals surface area contributed by atoms with Crippen LogP contribution in [0.15, 0.2) is 30.9 Å². The van der Waals surface area contributed by atoms with Gasteiger partial charge in [0.2, 0.25) is 5.91 Å². The van der Waals surface area contributed by atoms with E-state index in [2.05, 4.69) is 18.4 Å². The molecule has 0 spiro atoms. The van der Waals surface area contributed by atoms with Gasteiger partial charge in [-0.3, -0.25) is 14.5 Å². The van der Waals surface area contributed by atoms with Crippen molar-refractivity contribution in [2.45, 2.75) is 32.0 Å². The van der Waals surface area contributed by atoms with Crippen molar-refractivity contribution >= 4 is 29.2 Å². The number of halogens is 2. The van der Waals surface area contributed by atoms with Gasteiger partial charge in [-0.25, -0.2) is 9.37 Å². The molecule has 2 saturated heterocycles. The summed E-state index contributed by atoms with van der Waals surface area (Å²) in [5.41, 5.74) is 0.0623. The summed E-state index contributed by atoms with van der Waals surface area (Å²) in [7, 11) is 2.04. The number of piperazine rings is 2. The van der Waals surface area contributed by atoms with Crippen LogP contribution in [0.3, 0.4) is 0 Å². The first-order valence-electron chi connectivity index (χ1n) is 12.7. The minimum Gasteiger partial charge on any atom is -0.507 e. The second kappa shape index (κ2) is 10.1. The molecule has 0 radical (unpaired) electrons. The van der Waals surface area contributed by atoms with Crippen molar-refractivity contribution in [1.29, 1.82) is 0 Å². The molecule has 9 nitrogen and oxygen atoms in total. The molecule has 3 aliphatic heterocycles. The Morgan fingerprint density at radius 3 is 2.63 bits per heavy atom. The smallest absolute Gasteiger partial charge is 0.261 e. The number of benzene rings is 1. The maximum absolute atomic E-state index is 15.0. The highest BCUT2D eigenvalue weighted by Crippen LogP contribution is 2.46. The third-order valence-electron chi connectivity index (χ3n) is 8.02. The zero-order chi connectivity index (χ0) is 27.3. The summed E-state index contributed by atoms with van der Waals surface area (Å²) < 4.78 is 21.2. The number of phenolic OH excluding ortho intramolecular Hbond substituents is 1. The first-order chi connectivity index (χ1) is 18.1. The summed E-state index contributed by atoms with van der Waals surface area (Å²) in [5, 5.41) is 10.5. The number of amides is 2. The number of pyridine rings is 1. The summed E-state index contributed by atoms with van der Waals surface area (Å²) in [4.78, 5) is 38.7. The number of carbonyl (C=O) groups is 2. The zero-order valence-corrected chi connectivity index (χ0v) is 22.4. The molecule has 5 rings (SSSR count). The number of anilines is 1. The molecule has 0 aliphatic carbocycles. The number of phenols is 1. The van der Waals surface area contributed by atoms with Gasteiger partial charge in [0, 0.05) is 44.8 Å². The summed E-state index contributed by atoms with van der Waals surface area (Å²) >= 11 is 6.80. The second-order valence-electron chi connectivity index (χ2n) is 10.0. The zero-order valence-electron chi connectivity index (χ0n) is 21.7. The molecule has 1 N–H and O–H groups in total. The van der Waals surface area contributed by atoms with E-state index in [-0.39, 0.29) is 70.4 Å². The summed E-state index contributed by atoms with van der Waals surface area (Å²) in [6.45, 7) is 10.1. The molecule has 4 heterocycles. The number of nitrogens with zero attached hydrogens (tertiary/aromatic N) is 5. The van der Waals surface area contributed by atoms with Gasteiger partial charge in [-0.15, -0.1) is 0 Å².